The predicted octanol–water partition coefficient (Wildman–Crippen LogP) is 20.7. The molecule has 0 spiro atoms. The van der Waals surface area contributed by atoms with Crippen molar-refractivity contribution in [3.8, 4) is 11.1 Å². The van der Waals surface area contributed by atoms with Crippen molar-refractivity contribution in [2.45, 2.75) is 0 Å². The second-order valence-electron chi connectivity index (χ2n) is 19.0. The number of para-hydroxylation sites is 5. The lowest BCUT2D eigenvalue weighted by atomic mass is 10.0. The molecule has 0 aromatic heterocycles. The first-order valence-corrected chi connectivity index (χ1v) is 25.9. The zero-order valence-electron chi connectivity index (χ0n) is 41.8. The number of hydrogen-bond acceptors (Lipinski definition) is 4. The van der Waals surface area contributed by atoms with Crippen LogP contribution in [-0.2, 0) is 0 Å². The number of benzene rings is 13. The second kappa shape index (κ2) is 20.4. The average Bonchev–Trinajstić information content (AvgIpc) is 3.52. The Balaban J connectivity index is 0.794. The minimum Gasteiger partial charge on any atom is -0.310 e. The summed E-state index contributed by atoms with van der Waals surface area (Å²) in [6, 6.07) is 113. The Morgan fingerprint density at radius 1 is 0.158 bits per heavy atom. The van der Waals surface area contributed by atoms with Crippen molar-refractivity contribution in [3.05, 3.63) is 315 Å². The summed E-state index contributed by atoms with van der Waals surface area (Å²) < 4.78 is 0. The number of nitrogens with zero attached hydrogens (tertiary/aromatic N) is 4. The van der Waals surface area contributed by atoms with E-state index in [1.165, 1.54) is 32.3 Å². The lowest BCUT2D eigenvalue weighted by molar-refractivity contribution is 1.28. The summed E-state index contributed by atoms with van der Waals surface area (Å²) >= 11 is 0. The fourth-order valence-electron chi connectivity index (χ4n) is 10.7. The van der Waals surface area contributed by atoms with Gasteiger partial charge in [0.15, 0.2) is 0 Å². The molecule has 76 heavy (non-hydrogen) atoms. The van der Waals surface area contributed by atoms with E-state index in [0.29, 0.717) is 0 Å². The van der Waals surface area contributed by atoms with Gasteiger partial charge in [-0.25, -0.2) is 0 Å². The SMILES string of the molecule is c1ccc(N(c2ccccc2)c2ccc3cc(N(c4ccccc4)c4ccc(-c5ccc(N(c6ccccc6)c6ccc7cc(N(c8ccccc8)c8cccc9ccccc89)ccc7c6)cc5)cc4)ccc3c2)cc1. The molecule has 0 radical (unpaired) electrons. The van der Waals surface area contributed by atoms with Gasteiger partial charge in [0.1, 0.15) is 0 Å². The largest absolute Gasteiger partial charge is 0.310 e. The van der Waals surface area contributed by atoms with E-state index < -0.39 is 0 Å². The molecule has 0 heterocycles. The van der Waals surface area contributed by atoms with E-state index in [0.717, 1.165) is 79.4 Å². The number of rotatable bonds is 13. The molecule has 0 amide bonds. The summed E-state index contributed by atoms with van der Waals surface area (Å²) in [5.74, 6) is 0. The molecule has 0 aliphatic carbocycles. The molecule has 0 fully saturated rings. The van der Waals surface area contributed by atoms with Crippen LogP contribution in [0.3, 0.4) is 0 Å². The maximum atomic E-state index is 2.37. The molecule has 0 saturated carbocycles. The van der Waals surface area contributed by atoms with Crippen molar-refractivity contribution in [2.24, 2.45) is 0 Å². The number of fused-ring (bicyclic) bond motifs is 3. The van der Waals surface area contributed by atoms with Crippen LogP contribution in [0.4, 0.5) is 68.2 Å². The molecular formula is C72H52N4. The Morgan fingerprint density at radius 2 is 0.421 bits per heavy atom. The Bertz CT molecular complexity index is 4050. The summed E-state index contributed by atoms with van der Waals surface area (Å²) in [6.07, 6.45) is 0. The summed E-state index contributed by atoms with van der Waals surface area (Å²) in [4.78, 5) is 9.36. The second-order valence-corrected chi connectivity index (χ2v) is 19.0. The topological polar surface area (TPSA) is 13.0 Å². The van der Waals surface area contributed by atoms with E-state index in [-0.39, 0.29) is 0 Å². The fraction of sp³-hybridized carbons (Fsp3) is 0. The molecular weight excluding hydrogens is 921 g/mol. The summed E-state index contributed by atoms with van der Waals surface area (Å²) in [5.41, 5.74) is 15.6. The van der Waals surface area contributed by atoms with Gasteiger partial charge in [-0.1, -0.05) is 176 Å². The molecule has 360 valence electrons. The van der Waals surface area contributed by atoms with Crippen LogP contribution in [0.15, 0.2) is 315 Å². The molecule has 4 nitrogen and oxygen atoms in total. The molecule has 13 rings (SSSR count). The van der Waals surface area contributed by atoms with Gasteiger partial charge < -0.3 is 19.6 Å². The summed E-state index contributed by atoms with van der Waals surface area (Å²) in [6.45, 7) is 0. The molecule has 0 bridgehead atoms. The minimum absolute atomic E-state index is 1.08. The van der Waals surface area contributed by atoms with Crippen LogP contribution in [0.25, 0.3) is 43.4 Å². The van der Waals surface area contributed by atoms with Gasteiger partial charge in [0.05, 0.1) is 5.69 Å². The van der Waals surface area contributed by atoms with Crippen LogP contribution in [0.5, 0.6) is 0 Å². The van der Waals surface area contributed by atoms with Gasteiger partial charge in [-0.3, -0.25) is 0 Å². The Kier molecular flexibility index (Phi) is 12.3. The third-order valence-electron chi connectivity index (χ3n) is 14.3. The molecule has 0 unspecified atom stereocenters. The highest BCUT2D eigenvalue weighted by Gasteiger charge is 2.19. The molecule has 4 heteroatoms. The van der Waals surface area contributed by atoms with Crippen LogP contribution < -0.4 is 19.6 Å². The lowest BCUT2D eigenvalue weighted by Crippen LogP contribution is -2.11. The van der Waals surface area contributed by atoms with Crippen molar-refractivity contribution in [1.82, 2.24) is 0 Å². The van der Waals surface area contributed by atoms with Crippen molar-refractivity contribution in [2.75, 3.05) is 19.6 Å². The van der Waals surface area contributed by atoms with E-state index >= 15 is 0 Å². The molecule has 0 aliphatic rings. The Labute approximate surface area is 444 Å². The zero-order chi connectivity index (χ0) is 50.6. The van der Waals surface area contributed by atoms with Gasteiger partial charge in [-0.2, -0.15) is 0 Å². The van der Waals surface area contributed by atoms with Crippen LogP contribution in [0, 0.1) is 0 Å². The van der Waals surface area contributed by atoms with E-state index in [9.17, 15) is 0 Å². The van der Waals surface area contributed by atoms with Gasteiger partial charge in [0, 0.05) is 67.9 Å². The van der Waals surface area contributed by atoms with Crippen LogP contribution >= 0.6 is 0 Å². The molecule has 0 N–H and O–H groups in total. The molecule has 0 saturated heterocycles. The van der Waals surface area contributed by atoms with Gasteiger partial charge in [0.25, 0.3) is 0 Å². The quantitative estimate of drug-likeness (QED) is 0.114. The van der Waals surface area contributed by atoms with Crippen molar-refractivity contribution in [3.63, 3.8) is 0 Å². The van der Waals surface area contributed by atoms with E-state index in [2.05, 4.69) is 335 Å². The molecule has 13 aromatic rings. The monoisotopic (exact) mass is 972 g/mol. The third-order valence-corrected chi connectivity index (χ3v) is 14.3. The maximum absolute atomic E-state index is 2.37. The highest BCUT2D eigenvalue weighted by Crippen LogP contribution is 2.44. The zero-order valence-corrected chi connectivity index (χ0v) is 41.8. The summed E-state index contributed by atoms with van der Waals surface area (Å²) in [5, 5.41) is 7.11. The third kappa shape index (κ3) is 9.06. The van der Waals surface area contributed by atoms with Crippen LogP contribution in [-0.4, -0.2) is 0 Å². The first-order valence-electron chi connectivity index (χ1n) is 25.9. The minimum atomic E-state index is 1.08. The first-order chi connectivity index (χ1) is 37.7. The smallest absolute Gasteiger partial charge is 0.0540 e. The van der Waals surface area contributed by atoms with Gasteiger partial charge in [0.2, 0.25) is 0 Å². The van der Waals surface area contributed by atoms with E-state index in [1.807, 2.05) is 0 Å². The molecule has 13 aromatic carbocycles. The van der Waals surface area contributed by atoms with Crippen LogP contribution in [0.2, 0.25) is 0 Å². The van der Waals surface area contributed by atoms with Crippen LogP contribution in [0.1, 0.15) is 0 Å². The average molecular weight is 973 g/mol. The molecule has 0 atom stereocenters. The first kappa shape index (κ1) is 45.7. The highest BCUT2D eigenvalue weighted by molar-refractivity contribution is 6.01. The lowest BCUT2D eigenvalue weighted by Gasteiger charge is -2.28. The van der Waals surface area contributed by atoms with Crippen molar-refractivity contribution >= 4 is 101 Å². The van der Waals surface area contributed by atoms with Crippen molar-refractivity contribution in [1.29, 1.82) is 0 Å². The Hall–Kier alpha value is -10.2. The van der Waals surface area contributed by atoms with Gasteiger partial charge >= 0.3 is 0 Å². The number of hydrogen-bond donors (Lipinski definition) is 0. The normalized spacial score (nSPS) is 11.2. The maximum Gasteiger partial charge on any atom is 0.0540 e. The highest BCUT2D eigenvalue weighted by atomic mass is 15.2. The Morgan fingerprint density at radius 3 is 0.776 bits per heavy atom. The fourth-order valence-corrected chi connectivity index (χ4v) is 10.7. The standard InChI is InChI=1S/C72H52N4/c1-6-21-60(22-7-1)73(61-23-8-2-9-24-61)67-45-37-57-50-68(46-38-56(57)49-67)74(62-25-10-3-11-26-62)65-41-33-53(34-42-65)54-35-43-66(44-36-54)75(63-27-12-4-13-28-63)69-47-39-59-52-70(48-40-58(59)51-69)76(64-29-14-5-15-30-64)72-32-18-20-55-19-16-17-31-71(55)72/h1-52H. The number of anilines is 12. The predicted molar refractivity (Wildman–Crippen MR) is 323 cm³/mol. The van der Waals surface area contributed by atoms with E-state index in [4.69, 9.17) is 0 Å². The van der Waals surface area contributed by atoms with Gasteiger partial charge in [-0.15, -0.1) is 0 Å². The molecule has 0 aliphatic heterocycles. The van der Waals surface area contributed by atoms with Crippen molar-refractivity contribution < 1.29 is 0 Å². The van der Waals surface area contributed by atoms with Gasteiger partial charge in [-0.05, 0) is 178 Å². The van der Waals surface area contributed by atoms with E-state index in [1.54, 1.807) is 0 Å². The summed E-state index contributed by atoms with van der Waals surface area (Å²) in [7, 11) is 0.